The molecule has 0 aromatic heterocycles. The normalized spacial score (nSPS) is 13.0. The minimum absolute atomic E-state index is 0.520. The lowest BCUT2D eigenvalue weighted by Gasteiger charge is -2.03. The molecule has 0 aliphatic carbocycles. The van der Waals surface area contributed by atoms with Gasteiger partial charge in [0, 0.05) is 0 Å². The van der Waals surface area contributed by atoms with Crippen molar-refractivity contribution in [2.75, 3.05) is 6.54 Å². The van der Waals surface area contributed by atoms with E-state index in [0.29, 0.717) is 13.0 Å². The number of hydrogen-bond acceptors (Lipinski definition) is 3. The van der Waals surface area contributed by atoms with Crippen LogP contribution in [0.4, 0.5) is 0 Å². The van der Waals surface area contributed by atoms with Crippen molar-refractivity contribution in [3.8, 4) is 0 Å². The first kappa shape index (κ1) is 9.39. The van der Waals surface area contributed by atoms with E-state index in [1.807, 2.05) is 0 Å². The van der Waals surface area contributed by atoms with Crippen molar-refractivity contribution < 1.29 is 9.90 Å². The fourth-order valence-electron chi connectivity index (χ4n) is 0.632. The third kappa shape index (κ3) is 4.29. The molecule has 0 aliphatic heterocycles. The van der Waals surface area contributed by atoms with Crippen LogP contribution in [0.1, 0.15) is 19.3 Å². The lowest BCUT2D eigenvalue weighted by Crippen LogP contribution is -2.29. The van der Waals surface area contributed by atoms with E-state index in [4.69, 9.17) is 16.6 Å². The van der Waals surface area contributed by atoms with E-state index >= 15 is 0 Å². The molecular formula is C6H14N2O2. The van der Waals surface area contributed by atoms with E-state index in [0.717, 1.165) is 12.8 Å². The Bertz CT molecular complexity index is 106. The average Bonchev–Trinajstić information content (AvgIpc) is 1.88. The predicted molar refractivity (Wildman–Crippen MR) is 38.5 cm³/mol. The van der Waals surface area contributed by atoms with E-state index in [9.17, 15) is 4.79 Å². The molecule has 0 unspecified atom stereocenters. The molecule has 0 radical (unpaired) electrons. The molecule has 0 aliphatic rings. The van der Waals surface area contributed by atoms with Gasteiger partial charge in [-0.15, -0.1) is 0 Å². The smallest absolute Gasteiger partial charge is 0.320 e. The maximum atomic E-state index is 10.1. The van der Waals surface area contributed by atoms with Gasteiger partial charge >= 0.3 is 5.97 Å². The third-order valence-electron chi connectivity index (χ3n) is 1.29. The Morgan fingerprint density at radius 2 is 2.10 bits per heavy atom. The standard InChI is InChI=1S/C6H14N2O2/c7-4-2-1-3-5(8)6(9)10/h5H,1-4,7-8H2,(H,9,10)/t5-/m0/s1/i5+1,6+0. The molecule has 0 fully saturated rings. The number of carbonyl (C=O) groups is 1. The second-order valence-corrected chi connectivity index (χ2v) is 2.23. The summed E-state index contributed by atoms with van der Waals surface area (Å²) in [5.41, 5.74) is 10.4. The van der Waals surface area contributed by atoms with Crippen LogP contribution in [0.15, 0.2) is 0 Å². The fraction of sp³-hybridized carbons (Fsp3) is 0.833. The number of rotatable bonds is 5. The van der Waals surface area contributed by atoms with Gasteiger partial charge < -0.3 is 16.6 Å². The quantitative estimate of drug-likeness (QED) is 0.362. The van der Waals surface area contributed by atoms with Gasteiger partial charge in [-0.2, -0.15) is 0 Å². The molecule has 0 aromatic rings. The van der Waals surface area contributed by atoms with E-state index in [-0.39, 0.29) is 0 Å². The van der Waals surface area contributed by atoms with Gasteiger partial charge in [0.1, 0.15) is 6.04 Å². The molecule has 0 rings (SSSR count). The number of carboxylic acids is 1. The summed E-state index contributed by atoms with van der Waals surface area (Å²) in [5.74, 6) is -0.933. The molecule has 4 nitrogen and oxygen atoms in total. The lowest BCUT2D eigenvalue weighted by atomic mass is 10.3. The minimum Gasteiger partial charge on any atom is -0.480 e. The zero-order chi connectivity index (χ0) is 7.98. The van der Waals surface area contributed by atoms with Gasteiger partial charge in [0.25, 0.3) is 0 Å². The molecule has 0 bridgehead atoms. The van der Waals surface area contributed by atoms with Gasteiger partial charge in [-0.05, 0) is 19.4 Å². The molecular weight excluding hydrogens is 133 g/mol. The van der Waals surface area contributed by atoms with Gasteiger partial charge in [-0.3, -0.25) is 4.79 Å². The zero-order valence-electron chi connectivity index (χ0n) is 5.92. The Kier molecular flexibility index (Phi) is 4.88. The summed E-state index contributed by atoms with van der Waals surface area (Å²) < 4.78 is 0. The number of aliphatic carboxylic acids is 1. The second kappa shape index (κ2) is 5.20. The van der Waals surface area contributed by atoms with Gasteiger partial charge in [0.15, 0.2) is 0 Å². The summed E-state index contributed by atoms with van der Waals surface area (Å²) in [6.45, 7) is 0.604. The highest BCUT2D eigenvalue weighted by Crippen LogP contribution is 1.96. The lowest BCUT2D eigenvalue weighted by molar-refractivity contribution is -0.138. The molecule has 5 N–H and O–H groups in total. The van der Waals surface area contributed by atoms with Gasteiger partial charge in [-0.25, -0.2) is 0 Å². The van der Waals surface area contributed by atoms with E-state index in [1.54, 1.807) is 0 Å². The minimum atomic E-state index is -0.933. The summed E-state index contributed by atoms with van der Waals surface area (Å²) in [6, 6.07) is -0.716. The zero-order valence-corrected chi connectivity index (χ0v) is 5.92. The first-order valence-corrected chi connectivity index (χ1v) is 3.37. The van der Waals surface area contributed by atoms with Crippen molar-refractivity contribution in [3.05, 3.63) is 0 Å². The van der Waals surface area contributed by atoms with Crippen molar-refractivity contribution in [1.82, 2.24) is 0 Å². The van der Waals surface area contributed by atoms with Crippen LogP contribution < -0.4 is 11.5 Å². The Morgan fingerprint density at radius 3 is 2.50 bits per heavy atom. The van der Waals surface area contributed by atoms with Crippen LogP contribution in [-0.4, -0.2) is 23.7 Å². The summed E-state index contributed by atoms with van der Waals surface area (Å²) in [4.78, 5) is 10.1. The van der Waals surface area contributed by atoms with Crippen molar-refractivity contribution in [2.24, 2.45) is 11.5 Å². The van der Waals surface area contributed by atoms with Crippen LogP contribution in [0.25, 0.3) is 0 Å². The SMILES string of the molecule is NCCCC[13C@H](N)[12C](=O)O. The Morgan fingerprint density at radius 1 is 1.50 bits per heavy atom. The van der Waals surface area contributed by atoms with Crippen LogP contribution in [0.2, 0.25) is 0 Å². The molecule has 0 amide bonds. The monoisotopic (exact) mass is 147 g/mol. The molecule has 1 atom stereocenters. The average molecular weight is 147 g/mol. The summed E-state index contributed by atoms with van der Waals surface area (Å²) in [6.07, 6.45) is 2.16. The van der Waals surface area contributed by atoms with E-state index in [2.05, 4.69) is 0 Å². The van der Waals surface area contributed by atoms with Crippen LogP contribution in [0.3, 0.4) is 0 Å². The van der Waals surface area contributed by atoms with E-state index < -0.39 is 12.0 Å². The number of nitrogens with two attached hydrogens (primary N) is 2. The maximum absolute atomic E-state index is 10.1. The maximum Gasteiger partial charge on any atom is 0.320 e. The molecule has 0 heterocycles. The van der Waals surface area contributed by atoms with Crippen LogP contribution in [-0.2, 0) is 4.79 Å². The number of hydrogen-bond donors (Lipinski definition) is 3. The topological polar surface area (TPSA) is 89.3 Å². The highest BCUT2D eigenvalue weighted by molar-refractivity contribution is 5.72. The first-order chi connectivity index (χ1) is 4.68. The molecule has 60 valence electrons. The van der Waals surface area contributed by atoms with E-state index in [1.165, 1.54) is 0 Å². The van der Waals surface area contributed by atoms with Crippen molar-refractivity contribution in [2.45, 2.75) is 25.3 Å². The van der Waals surface area contributed by atoms with Gasteiger partial charge in [0.2, 0.25) is 0 Å². The van der Waals surface area contributed by atoms with Crippen LogP contribution in [0, 0.1) is 0 Å². The number of carboxylic acid groups (broad SMARTS) is 1. The predicted octanol–water partition coefficient (Wildman–Crippen LogP) is -0.473. The van der Waals surface area contributed by atoms with Crippen molar-refractivity contribution in [3.63, 3.8) is 0 Å². The highest BCUT2D eigenvalue weighted by atomic mass is 16.4. The fourth-order valence-corrected chi connectivity index (χ4v) is 0.632. The van der Waals surface area contributed by atoms with Crippen molar-refractivity contribution in [1.29, 1.82) is 0 Å². The molecule has 0 spiro atoms. The largest absolute Gasteiger partial charge is 0.480 e. The van der Waals surface area contributed by atoms with Crippen LogP contribution in [0.5, 0.6) is 0 Å². The Balaban J connectivity index is 3.21. The van der Waals surface area contributed by atoms with Gasteiger partial charge in [-0.1, -0.05) is 6.42 Å². The summed E-state index contributed by atoms with van der Waals surface area (Å²) >= 11 is 0. The molecule has 0 saturated carbocycles. The van der Waals surface area contributed by atoms with Crippen LogP contribution >= 0.6 is 0 Å². The molecule has 0 saturated heterocycles. The number of unbranched alkanes of at least 4 members (excludes halogenated alkanes) is 1. The Hall–Kier alpha value is -0.610. The summed E-state index contributed by atoms with van der Waals surface area (Å²) in [7, 11) is 0. The van der Waals surface area contributed by atoms with Gasteiger partial charge in [0.05, 0.1) is 0 Å². The first-order valence-electron chi connectivity index (χ1n) is 3.37. The Labute approximate surface area is 60.2 Å². The molecule has 4 heteroatoms. The molecule has 10 heavy (non-hydrogen) atoms. The third-order valence-corrected chi connectivity index (χ3v) is 1.29. The molecule has 0 aromatic carbocycles. The van der Waals surface area contributed by atoms with Crippen molar-refractivity contribution >= 4 is 5.97 Å². The summed E-state index contributed by atoms with van der Waals surface area (Å²) in [5, 5.41) is 8.33. The highest BCUT2D eigenvalue weighted by Gasteiger charge is 2.09. The second-order valence-electron chi connectivity index (χ2n) is 2.23.